The lowest BCUT2D eigenvalue weighted by atomic mass is 9.85. The molecule has 1 fully saturated rings. The molecule has 4 nitrogen and oxygen atoms in total. The van der Waals surface area contributed by atoms with E-state index in [1.807, 2.05) is 6.92 Å². The van der Waals surface area contributed by atoms with Crippen LogP contribution in [0.5, 0.6) is 0 Å². The first-order chi connectivity index (χ1) is 9.16. The molecule has 0 aliphatic carbocycles. The molecule has 0 spiro atoms. The highest BCUT2D eigenvalue weighted by atomic mass is 19.1. The van der Waals surface area contributed by atoms with Gasteiger partial charge in [-0.25, -0.2) is 9.37 Å². The summed E-state index contributed by atoms with van der Waals surface area (Å²) in [4.78, 5) is 7.78. The molecule has 0 atom stereocenters. The number of H-pyrrole nitrogens is 1. The minimum absolute atomic E-state index is 0.242. The largest absolute Gasteiger partial charge is 0.379 e. The summed E-state index contributed by atoms with van der Waals surface area (Å²) in [7, 11) is 0. The van der Waals surface area contributed by atoms with Crippen molar-refractivity contribution in [2.75, 3.05) is 19.8 Å². The summed E-state index contributed by atoms with van der Waals surface area (Å²) in [5, 5.41) is 0. The van der Waals surface area contributed by atoms with Gasteiger partial charge in [0.2, 0.25) is 0 Å². The summed E-state index contributed by atoms with van der Waals surface area (Å²) in [5.41, 5.74) is 7.58. The monoisotopic (exact) mass is 261 g/mol. The van der Waals surface area contributed by atoms with Gasteiger partial charge in [-0.2, -0.15) is 0 Å². The lowest BCUT2D eigenvalue weighted by Crippen LogP contribution is -2.53. The summed E-state index contributed by atoms with van der Waals surface area (Å²) in [6, 6.07) is 6.64. The Morgan fingerprint density at radius 2 is 2.16 bits per heavy atom. The van der Waals surface area contributed by atoms with E-state index in [1.165, 1.54) is 6.07 Å². The van der Waals surface area contributed by atoms with E-state index in [-0.39, 0.29) is 11.2 Å². The van der Waals surface area contributed by atoms with Crippen LogP contribution in [0.15, 0.2) is 24.3 Å². The molecule has 0 unspecified atom stereocenters. The first-order valence-corrected chi connectivity index (χ1v) is 6.26. The Labute approximate surface area is 110 Å². The molecule has 3 rings (SSSR count). The fourth-order valence-electron chi connectivity index (χ4n) is 2.33. The van der Waals surface area contributed by atoms with Crippen LogP contribution in [0.1, 0.15) is 11.5 Å². The first-order valence-electron chi connectivity index (χ1n) is 6.26. The van der Waals surface area contributed by atoms with E-state index in [2.05, 4.69) is 9.97 Å². The number of nitrogens with zero attached hydrogens (tertiary/aromatic N) is 1. The minimum Gasteiger partial charge on any atom is -0.379 e. The van der Waals surface area contributed by atoms with Crippen molar-refractivity contribution in [3.05, 3.63) is 41.6 Å². The van der Waals surface area contributed by atoms with Crippen LogP contribution < -0.4 is 5.73 Å². The molecule has 1 aliphatic heterocycles. The number of nitrogens with one attached hydrogen (secondary N) is 1. The summed E-state index contributed by atoms with van der Waals surface area (Å²) < 4.78 is 19.1. The number of aromatic nitrogens is 2. The van der Waals surface area contributed by atoms with Gasteiger partial charge in [-0.1, -0.05) is 12.1 Å². The Kier molecular flexibility index (Phi) is 2.88. The highest BCUT2D eigenvalue weighted by Gasteiger charge is 2.42. The van der Waals surface area contributed by atoms with Crippen molar-refractivity contribution in [2.24, 2.45) is 5.73 Å². The van der Waals surface area contributed by atoms with E-state index in [4.69, 9.17) is 10.5 Å². The summed E-state index contributed by atoms with van der Waals surface area (Å²) in [6.45, 7) is 3.49. The maximum absolute atomic E-state index is 13.8. The summed E-state index contributed by atoms with van der Waals surface area (Å²) >= 11 is 0. The highest BCUT2D eigenvalue weighted by molar-refractivity contribution is 5.62. The molecule has 2 heterocycles. The van der Waals surface area contributed by atoms with Crippen molar-refractivity contribution >= 4 is 0 Å². The van der Waals surface area contributed by atoms with Crippen molar-refractivity contribution in [1.29, 1.82) is 0 Å². The van der Waals surface area contributed by atoms with Gasteiger partial charge < -0.3 is 15.5 Å². The smallest absolute Gasteiger partial charge is 0.132 e. The van der Waals surface area contributed by atoms with Crippen molar-refractivity contribution in [2.45, 2.75) is 12.3 Å². The standard InChI is InChI=1S/C14H16FN3O/c1-9-12(10-4-2-3-5-11(10)15)18-13(17-9)14(6-16)7-19-8-14/h2-5H,6-8,16H2,1H3,(H,17,18). The van der Waals surface area contributed by atoms with Gasteiger partial charge >= 0.3 is 0 Å². The molecule has 0 amide bonds. The number of rotatable bonds is 3. The number of halogens is 1. The van der Waals surface area contributed by atoms with Gasteiger partial charge in [-0.15, -0.1) is 0 Å². The zero-order valence-corrected chi connectivity index (χ0v) is 10.7. The Morgan fingerprint density at radius 3 is 2.74 bits per heavy atom. The molecule has 0 bridgehead atoms. The SMILES string of the molecule is Cc1[nH]c(C2(CN)COC2)nc1-c1ccccc1F. The van der Waals surface area contributed by atoms with Gasteiger partial charge in [-0.05, 0) is 19.1 Å². The van der Waals surface area contributed by atoms with Gasteiger partial charge in [-0.3, -0.25) is 0 Å². The van der Waals surface area contributed by atoms with Crippen LogP contribution in [0, 0.1) is 12.7 Å². The van der Waals surface area contributed by atoms with Crippen molar-refractivity contribution in [3.63, 3.8) is 0 Å². The maximum Gasteiger partial charge on any atom is 0.132 e. The Morgan fingerprint density at radius 1 is 1.42 bits per heavy atom. The molecule has 0 saturated carbocycles. The van der Waals surface area contributed by atoms with E-state index in [9.17, 15) is 4.39 Å². The number of nitrogens with two attached hydrogens (primary N) is 1. The molecular weight excluding hydrogens is 245 g/mol. The van der Waals surface area contributed by atoms with Crippen LogP contribution in [-0.4, -0.2) is 29.7 Å². The molecule has 3 N–H and O–H groups in total. The predicted octanol–water partition coefficient (Wildman–Crippen LogP) is 1.75. The van der Waals surface area contributed by atoms with Crippen LogP contribution in [0.2, 0.25) is 0 Å². The molecule has 1 aromatic carbocycles. The van der Waals surface area contributed by atoms with Gasteiger partial charge in [0.15, 0.2) is 0 Å². The third kappa shape index (κ3) is 1.86. The number of hydrogen-bond acceptors (Lipinski definition) is 3. The lowest BCUT2D eigenvalue weighted by molar-refractivity contribution is -0.0590. The number of aryl methyl sites for hydroxylation is 1. The van der Waals surface area contributed by atoms with Crippen molar-refractivity contribution in [1.82, 2.24) is 9.97 Å². The number of hydrogen-bond donors (Lipinski definition) is 2. The molecular formula is C14H16FN3O. The average Bonchev–Trinajstić information content (AvgIpc) is 2.72. The van der Waals surface area contributed by atoms with E-state index >= 15 is 0 Å². The molecule has 1 aliphatic rings. The fraction of sp³-hybridized carbons (Fsp3) is 0.357. The minimum atomic E-state index is -0.268. The van der Waals surface area contributed by atoms with Gasteiger partial charge in [0.05, 0.1) is 24.3 Å². The molecule has 2 aromatic rings. The second kappa shape index (κ2) is 4.43. The fourth-order valence-corrected chi connectivity index (χ4v) is 2.33. The quantitative estimate of drug-likeness (QED) is 0.884. The molecule has 1 saturated heterocycles. The van der Waals surface area contributed by atoms with Crippen LogP contribution >= 0.6 is 0 Å². The van der Waals surface area contributed by atoms with Crippen LogP contribution in [0.25, 0.3) is 11.3 Å². The number of benzene rings is 1. The first kappa shape index (κ1) is 12.3. The Hall–Kier alpha value is -1.72. The van der Waals surface area contributed by atoms with E-state index < -0.39 is 0 Å². The molecule has 19 heavy (non-hydrogen) atoms. The molecule has 0 radical (unpaired) electrons. The second-order valence-corrected chi connectivity index (χ2v) is 5.02. The van der Waals surface area contributed by atoms with Gasteiger partial charge in [0, 0.05) is 17.8 Å². The van der Waals surface area contributed by atoms with Gasteiger partial charge in [0.1, 0.15) is 11.6 Å². The van der Waals surface area contributed by atoms with Crippen molar-refractivity contribution < 1.29 is 9.13 Å². The second-order valence-electron chi connectivity index (χ2n) is 5.02. The lowest BCUT2D eigenvalue weighted by Gasteiger charge is -2.38. The van der Waals surface area contributed by atoms with Crippen LogP contribution in [0.3, 0.4) is 0 Å². The Bertz CT molecular complexity index is 599. The third-order valence-corrected chi connectivity index (χ3v) is 3.66. The predicted molar refractivity (Wildman–Crippen MR) is 70.3 cm³/mol. The Balaban J connectivity index is 2.05. The third-order valence-electron chi connectivity index (χ3n) is 3.66. The van der Waals surface area contributed by atoms with E-state index in [1.54, 1.807) is 18.2 Å². The topological polar surface area (TPSA) is 63.9 Å². The number of imidazole rings is 1. The number of ether oxygens (including phenoxy) is 1. The van der Waals surface area contributed by atoms with E-state index in [0.717, 1.165) is 11.5 Å². The summed E-state index contributed by atoms with van der Waals surface area (Å²) in [5.74, 6) is 0.521. The molecule has 1 aromatic heterocycles. The van der Waals surface area contributed by atoms with Crippen molar-refractivity contribution in [3.8, 4) is 11.3 Å². The average molecular weight is 261 g/mol. The van der Waals surface area contributed by atoms with Crippen LogP contribution in [-0.2, 0) is 10.2 Å². The summed E-state index contributed by atoms with van der Waals surface area (Å²) in [6.07, 6.45) is 0. The zero-order valence-electron chi connectivity index (χ0n) is 10.7. The zero-order chi connectivity index (χ0) is 13.5. The maximum atomic E-state index is 13.8. The van der Waals surface area contributed by atoms with Crippen LogP contribution in [0.4, 0.5) is 4.39 Å². The number of aromatic amines is 1. The normalized spacial score (nSPS) is 17.2. The van der Waals surface area contributed by atoms with Gasteiger partial charge in [0.25, 0.3) is 0 Å². The van der Waals surface area contributed by atoms with E-state index in [0.29, 0.717) is 31.0 Å². The molecule has 100 valence electrons. The highest BCUT2D eigenvalue weighted by Crippen LogP contribution is 2.32. The molecule has 5 heteroatoms.